The van der Waals surface area contributed by atoms with Gasteiger partial charge in [0.2, 0.25) is 10.0 Å². The summed E-state index contributed by atoms with van der Waals surface area (Å²) in [7, 11) is -4.01. The van der Waals surface area contributed by atoms with Crippen molar-refractivity contribution in [2.45, 2.75) is 30.2 Å². The summed E-state index contributed by atoms with van der Waals surface area (Å²) < 4.78 is 25.8. The average Bonchev–Trinajstić information content (AvgIpc) is 2.47. The second kappa shape index (κ2) is 5.78. The predicted molar refractivity (Wildman–Crippen MR) is 69.6 cm³/mol. The van der Waals surface area contributed by atoms with Gasteiger partial charge in [-0.2, -0.15) is 4.31 Å². The molecule has 1 aromatic carbocycles. The number of carboxylic acid groups (broad SMARTS) is 1. The molecule has 1 aliphatic heterocycles. The number of nitro benzene ring substituents is 1. The zero-order valence-electron chi connectivity index (χ0n) is 11.0. The molecule has 0 amide bonds. The molecule has 1 heterocycles. The number of aliphatic carboxylic acids is 1. The van der Waals surface area contributed by atoms with Crippen molar-refractivity contribution < 1.29 is 23.2 Å². The Kier molecular flexibility index (Phi) is 4.24. The molecule has 1 aromatic rings. The fourth-order valence-electron chi connectivity index (χ4n) is 2.30. The van der Waals surface area contributed by atoms with E-state index in [0.29, 0.717) is 12.8 Å². The molecule has 1 fully saturated rings. The number of piperidine rings is 1. The van der Waals surface area contributed by atoms with Gasteiger partial charge in [0.05, 0.1) is 21.8 Å². The van der Waals surface area contributed by atoms with Gasteiger partial charge in [0.25, 0.3) is 5.69 Å². The minimum absolute atomic E-state index is 0.0952. The van der Waals surface area contributed by atoms with Gasteiger partial charge < -0.3 is 9.90 Å². The number of benzene rings is 1. The van der Waals surface area contributed by atoms with E-state index in [4.69, 9.17) is 0 Å². The van der Waals surface area contributed by atoms with Gasteiger partial charge in [0.15, 0.2) is 0 Å². The van der Waals surface area contributed by atoms with Crippen LogP contribution in [0.4, 0.5) is 5.69 Å². The van der Waals surface area contributed by atoms with Crippen molar-refractivity contribution in [1.82, 2.24) is 4.31 Å². The summed E-state index contributed by atoms with van der Waals surface area (Å²) in [4.78, 5) is 20.8. The van der Waals surface area contributed by atoms with Crippen LogP contribution >= 0.6 is 0 Å². The molecular weight excluding hydrogens is 300 g/mol. The van der Waals surface area contributed by atoms with Gasteiger partial charge in [-0.15, -0.1) is 0 Å². The zero-order chi connectivity index (χ0) is 15.6. The van der Waals surface area contributed by atoms with Gasteiger partial charge in [-0.25, -0.2) is 8.42 Å². The first-order valence-corrected chi connectivity index (χ1v) is 7.75. The number of rotatable bonds is 4. The number of carbonyl (C=O) groups is 1. The van der Waals surface area contributed by atoms with Crippen molar-refractivity contribution in [1.29, 1.82) is 0 Å². The van der Waals surface area contributed by atoms with Crippen molar-refractivity contribution in [3.8, 4) is 0 Å². The Morgan fingerprint density at radius 3 is 2.38 bits per heavy atom. The summed E-state index contributed by atoms with van der Waals surface area (Å²) >= 11 is 0. The van der Waals surface area contributed by atoms with E-state index >= 15 is 0 Å². The standard InChI is InChI=1S/C12H14N2O6S/c15-12(16)11-3-1-2-8-13(11)21(19,20)10-6-4-9(5-7-10)14(17)18/h4-7,11H,1-3,8H2,(H,15,16)/p-1. The quantitative estimate of drug-likeness (QED) is 0.564. The molecule has 0 aromatic heterocycles. The van der Waals surface area contributed by atoms with Crippen LogP contribution in [0.5, 0.6) is 0 Å². The highest BCUT2D eigenvalue weighted by atomic mass is 32.2. The number of nitro groups is 1. The molecule has 8 nitrogen and oxygen atoms in total. The lowest BCUT2D eigenvalue weighted by Crippen LogP contribution is -2.52. The number of carboxylic acids is 1. The van der Waals surface area contributed by atoms with Crippen molar-refractivity contribution >= 4 is 21.7 Å². The molecule has 1 unspecified atom stereocenters. The molecule has 0 N–H and O–H groups in total. The minimum atomic E-state index is -4.01. The second-order valence-corrected chi connectivity index (χ2v) is 6.59. The Morgan fingerprint density at radius 2 is 1.86 bits per heavy atom. The molecule has 0 saturated carbocycles. The molecule has 0 bridgehead atoms. The van der Waals surface area contributed by atoms with Crippen LogP contribution in [0, 0.1) is 10.1 Å². The lowest BCUT2D eigenvalue weighted by Gasteiger charge is -2.35. The van der Waals surface area contributed by atoms with Gasteiger partial charge in [-0.1, -0.05) is 6.42 Å². The smallest absolute Gasteiger partial charge is 0.269 e. The fourth-order valence-corrected chi connectivity index (χ4v) is 3.95. The Morgan fingerprint density at radius 1 is 1.24 bits per heavy atom. The van der Waals surface area contributed by atoms with Crippen LogP contribution in [0.15, 0.2) is 29.2 Å². The lowest BCUT2D eigenvalue weighted by molar-refractivity contribution is -0.384. The van der Waals surface area contributed by atoms with Gasteiger partial charge in [-0.3, -0.25) is 10.1 Å². The van der Waals surface area contributed by atoms with E-state index in [1.807, 2.05) is 0 Å². The third kappa shape index (κ3) is 3.03. The van der Waals surface area contributed by atoms with Crippen molar-refractivity contribution in [2.75, 3.05) is 6.54 Å². The Bertz CT molecular complexity index is 655. The molecule has 2 rings (SSSR count). The molecular formula is C12H13N2O6S-. The Hall–Kier alpha value is -2.00. The lowest BCUT2D eigenvalue weighted by atomic mass is 10.1. The summed E-state index contributed by atoms with van der Waals surface area (Å²) in [6.45, 7) is 0.0952. The van der Waals surface area contributed by atoms with Crippen molar-refractivity contribution in [3.63, 3.8) is 0 Å². The SMILES string of the molecule is O=C([O-])C1CCCCN1S(=O)(=O)c1ccc([N+](=O)[O-])cc1. The van der Waals surface area contributed by atoms with E-state index < -0.39 is 27.0 Å². The van der Waals surface area contributed by atoms with Crippen LogP contribution < -0.4 is 5.11 Å². The molecule has 1 atom stereocenters. The van der Waals surface area contributed by atoms with E-state index in [0.717, 1.165) is 28.6 Å². The highest BCUT2D eigenvalue weighted by molar-refractivity contribution is 7.89. The van der Waals surface area contributed by atoms with Crippen LogP contribution in [-0.4, -0.2) is 36.2 Å². The van der Waals surface area contributed by atoms with Gasteiger partial charge in [0, 0.05) is 18.7 Å². The summed E-state index contributed by atoms with van der Waals surface area (Å²) in [6.07, 6.45) is 1.38. The monoisotopic (exact) mass is 313 g/mol. The number of hydrogen-bond donors (Lipinski definition) is 0. The third-order valence-corrected chi connectivity index (χ3v) is 5.30. The van der Waals surface area contributed by atoms with Crippen LogP contribution in [0.3, 0.4) is 0 Å². The van der Waals surface area contributed by atoms with E-state index in [9.17, 15) is 28.4 Å². The number of sulfonamides is 1. The number of nitrogens with zero attached hydrogens (tertiary/aromatic N) is 2. The summed E-state index contributed by atoms with van der Waals surface area (Å²) in [5, 5.41) is 21.6. The number of hydrogen-bond acceptors (Lipinski definition) is 6. The Balaban J connectivity index is 2.35. The first-order valence-electron chi connectivity index (χ1n) is 6.31. The van der Waals surface area contributed by atoms with Crippen LogP contribution in [0.25, 0.3) is 0 Å². The normalized spacial score (nSPS) is 20.1. The van der Waals surface area contributed by atoms with E-state index in [1.54, 1.807) is 0 Å². The molecule has 0 radical (unpaired) electrons. The fraction of sp³-hybridized carbons (Fsp3) is 0.417. The highest BCUT2D eigenvalue weighted by Crippen LogP contribution is 2.26. The molecule has 9 heteroatoms. The molecule has 0 spiro atoms. The van der Waals surface area contributed by atoms with E-state index in [2.05, 4.69) is 0 Å². The number of non-ortho nitro benzene ring substituents is 1. The van der Waals surface area contributed by atoms with Crippen LogP contribution in [-0.2, 0) is 14.8 Å². The Labute approximate surface area is 121 Å². The van der Waals surface area contributed by atoms with Gasteiger partial charge in [-0.05, 0) is 25.0 Å². The van der Waals surface area contributed by atoms with Gasteiger partial charge in [0.1, 0.15) is 0 Å². The largest absolute Gasteiger partial charge is 0.548 e. The van der Waals surface area contributed by atoms with Gasteiger partial charge >= 0.3 is 0 Å². The van der Waals surface area contributed by atoms with Crippen molar-refractivity contribution in [3.05, 3.63) is 34.4 Å². The zero-order valence-corrected chi connectivity index (χ0v) is 11.8. The minimum Gasteiger partial charge on any atom is -0.548 e. The summed E-state index contributed by atoms with van der Waals surface area (Å²) in [5.74, 6) is -1.43. The topological polar surface area (TPSA) is 121 Å². The summed E-state index contributed by atoms with van der Waals surface area (Å²) in [5.41, 5.74) is -0.232. The van der Waals surface area contributed by atoms with E-state index in [1.165, 1.54) is 0 Å². The maximum atomic E-state index is 12.4. The number of carbonyl (C=O) groups excluding carboxylic acids is 1. The highest BCUT2D eigenvalue weighted by Gasteiger charge is 2.34. The van der Waals surface area contributed by atoms with Crippen LogP contribution in [0.2, 0.25) is 0 Å². The second-order valence-electron chi connectivity index (χ2n) is 4.70. The third-order valence-electron chi connectivity index (χ3n) is 3.38. The van der Waals surface area contributed by atoms with Crippen LogP contribution in [0.1, 0.15) is 19.3 Å². The molecule has 114 valence electrons. The van der Waals surface area contributed by atoms with E-state index in [-0.39, 0.29) is 23.5 Å². The molecule has 1 saturated heterocycles. The maximum Gasteiger partial charge on any atom is 0.269 e. The molecule has 0 aliphatic carbocycles. The average molecular weight is 313 g/mol. The maximum absolute atomic E-state index is 12.4. The van der Waals surface area contributed by atoms with Crippen molar-refractivity contribution in [2.24, 2.45) is 0 Å². The molecule has 21 heavy (non-hydrogen) atoms. The molecule has 1 aliphatic rings. The first kappa shape index (κ1) is 15.4. The first-order chi connectivity index (χ1) is 9.84. The predicted octanol–water partition coefficient (Wildman–Crippen LogP) is -0.112. The summed E-state index contributed by atoms with van der Waals surface area (Å²) in [6, 6.07) is 3.16.